The van der Waals surface area contributed by atoms with Gasteiger partial charge in [0.1, 0.15) is 11.6 Å². The number of ether oxygens (including phenoxy) is 1. The zero-order valence-electron chi connectivity index (χ0n) is 12.6. The molecule has 0 aliphatic rings. The molecule has 0 aliphatic carbocycles. The largest absolute Gasteiger partial charge is 0.476 e. The van der Waals surface area contributed by atoms with Gasteiger partial charge in [-0.15, -0.1) is 0 Å². The number of hydrogen-bond donors (Lipinski definition) is 0. The molecule has 24 heavy (non-hydrogen) atoms. The number of benzene rings is 1. The van der Waals surface area contributed by atoms with Gasteiger partial charge >= 0.3 is 0 Å². The summed E-state index contributed by atoms with van der Waals surface area (Å²) in [4.78, 5) is 8.62. The Morgan fingerprint density at radius 2 is 1.88 bits per heavy atom. The second kappa shape index (κ2) is 5.37. The van der Waals surface area contributed by atoms with E-state index in [1.165, 1.54) is 0 Å². The minimum atomic E-state index is -2.71. The van der Waals surface area contributed by atoms with Crippen LogP contribution in [-0.4, -0.2) is 35.9 Å². The molecule has 3 aromatic heterocycles. The zero-order valence-corrected chi connectivity index (χ0v) is 12.6. The molecule has 0 atom stereocenters. The van der Waals surface area contributed by atoms with E-state index in [4.69, 9.17) is 20.4 Å². The second-order valence-electron chi connectivity index (χ2n) is 5.47. The van der Waals surface area contributed by atoms with Gasteiger partial charge < -0.3 is 4.74 Å². The minimum Gasteiger partial charge on any atom is -0.476 e. The number of halogens is 1. The van der Waals surface area contributed by atoms with Gasteiger partial charge in [0.05, 0.1) is 11.7 Å². The normalized spacial score (nSPS) is 11.9. The first-order valence-corrected chi connectivity index (χ1v) is 7.26. The predicted octanol–water partition coefficient (Wildman–Crippen LogP) is 2.87. The van der Waals surface area contributed by atoms with Crippen LogP contribution in [0.25, 0.3) is 27.5 Å². The van der Waals surface area contributed by atoms with Gasteiger partial charge in [0.2, 0.25) is 0 Å². The Bertz CT molecular complexity index is 1040. The smallest absolute Gasteiger partial charge is 0.163 e. The van der Waals surface area contributed by atoms with Crippen molar-refractivity contribution in [3.63, 3.8) is 0 Å². The third-order valence-corrected chi connectivity index (χ3v) is 3.70. The number of alkyl halides is 1. The fraction of sp³-hybridized carbons (Fsp3) is 0.0588. The van der Waals surface area contributed by atoms with Crippen LogP contribution in [0.1, 0.15) is 0 Å². The topological polar surface area (TPSA) is 39.9 Å². The predicted molar refractivity (Wildman–Crippen MR) is 92.3 cm³/mol. The molecule has 4 rings (SSSR count). The first-order chi connectivity index (χ1) is 11.5. The lowest BCUT2D eigenvalue weighted by Crippen LogP contribution is -2.31. The molecule has 4 radical (unpaired) electrons. The maximum absolute atomic E-state index is 13.2. The number of pyridine rings is 2. The van der Waals surface area contributed by atoms with Crippen LogP contribution in [-0.2, 0) is 0 Å². The van der Waals surface area contributed by atoms with Gasteiger partial charge in [0.15, 0.2) is 21.3 Å². The number of nitrogens with zero attached hydrogens (tertiary/aromatic N) is 3. The molecule has 112 valence electrons. The number of fused-ring (bicyclic) bond motifs is 2. The average molecular weight is 313 g/mol. The van der Waals surface area contributed by atoms with Crippen molar-refractivity contribution in [1.29, 1.82) is 0 Å². The summed E-state index contributed by atoms with van der Waals surface area (Å²) in [5.41, 5.74) is -1.74. The van der Waals surface area contributed by atoms with E-state index in [9.17, 15) is 4.39 Å². The van der Waals surface area contributed by atoms with Gasteiger partial charge in [-0.05, 0) is 35.7 Å². The van der Waals surface area contributed by atoms with Crippen molar-refractivity contribution >= 4 is 37.4 Å². The van der Waals surface area contributed by atoms with Crippen LogP contribution in [0.3, 0.4) is 0 Å². The maximum Gasteiger partial charge on any atom is 0.163 e. The van der Waals surface area contributed by atoms with Crippen LogP contribution < -0.4 is 4.74 Å². The quantitative estimate of drug-likeness (QED) is 0.546. The first-order valence-electron chi connectivity index (χ1n) is 7.26. The van der Waals surface area contributed by atoms with Crippen molar-refractivity contribution in [2.45, 2.75) is 5.65 Å². The Labute approximate surface area is 140 Å². The molecule has 3 heterocycles. The van der Waals surface area contributed by atoms with E-state index < -0.39 is 5.65 Å². The molecule has 0 saturated heterocycles. The fourth-order valence-electron chi connectivity index (χ4n) is 2.66. The molecule has 7 heteroatoms. The second-order valence-corrected chi connectivity index (χ2v) is 5.47. The molecular weight excluding hydrogens is 303 g/mol. The molecule has 0 N–H and O–H groups in total. The van der Waals surface area contributed by atoms with Crippen molar-refractivity contribution in [3.8, 4) is 11.6 Å². The summed E-state index contributed by atoms with van der Waals surface area (Å²) >= 11 is 0. The fourth-order valence-corrected chi connectivity index (χ4v) is 2.66. The Balaban J connectivity index is 1.77. The molecule has 0 fully saturated rings. The van der Waals surface area contributed by atoms with E-state index in [-0.39, 0.29) is 5.75 Å². The lowest BCUT2D eigenvalue weighted by molar-refractivity contribution is 0.102. The first kappa shape index (κ1) is 14.8. The summed E-state index contributed by atoms with van der Waals surface area (Å²) in [6.45, 7) is 0. The Morgan fingerprint density at radius 3 is 2.71 bits per heavy atom. The van der Waals surface area contributed by atoms with E-state index in [0.717, 1.165) is 27.5 Å². The van der Waals surface area contributed by atoms with Gasteiger partial charge in [-0.25, -0.2) is 9.37 Å². The van der Waals surface area contributed by atoms with E-state index in [2.05, 4.69) is 9.97 Å². The van der Waals surface area contributed by atoms with Gasteiger partial charge in [0, 0.05) is 29.4 Å². The highest BCUT2D eigenvalue weighted by molar-refractivity contribution is 6.37. The van der Waals surface area contributed by atoms with Crippen molar-refractivity contribution < 1.29 is 9.13 Å². The van der Waals surface area contributed by atoms with Gasteiger partial charge in [-0.1, -0.05) is 6.07 Å². The maximum atomic E-state index is 13.2. The summed E-state index contributed by atoms with van der Waals surface area (Å²) in [7, 11) is 10.0. The van der Waals surface area contributed by atoms with Crippen LogP contribution in [0.2, 0.25) is 0 Å². The van der Waals surface area contributed by atoms with Crippen LogP contribution in [0.5, 0.6) is 5.75 Å². The van der Waals surface area contributed by atoms with Gasteiger partial charge in [-0.2, -0.15) is 0 Å². The average Bonchev–Trinajstić information content (AvgIpc) is 2.97. The number of hydrogen-bond acceptors (Lipinski definition) is 3. The van der Waals surface area contributed by atoms with Crippen LogP contribution in [0.15, 0.2) is 61.2 Å². The Kier molecular flexibility index (Phi) is 3.30. The molecule has 0 spiro atoms. The summed E-state index contributed by atoms with van der Waals surface area (Å²) in [6, 6.07) is 10.9. The van der Waals surface area contributed by atoms with E-state index >= 15 is 0 Å². The molecule has 1 aromatic carbocycles. The molecule has 0 bridgehead atoms. The summed E-state index contributed by atoms with van der Waals surface area (Å²) < 4.78 is 20.0. The summed E-state index contributed by atoms with van der Waals surface area (Å²) in [5, 5.41) is 2.80. The van der Waals surface area contributed by atoms with Crippen LogP contribution >= 0.6 is 0 Å². The van der Waals surface area contributed by atoms with Crippen molar-refractivity contribution in [1.82, 2.24) is 14.5 Å². The molecule has 4 nitrogen and oxygen atoms in total. The Hall–Kier alpha value is -2.82. The molecule has 0 saturated carbocycles. The Morgan fingerprint density at radius 1 is 1.00 bits per heavy atom. The van der Waals surface area contributed by atoms with E-state index in [1.54, 1.807) is 36.8 Å². The minimum absolute atomic E-state index is 0.236. The highest BCUT2D eigenvalue weighted by atomic mass is 19.2. The number of rotatable bonds is 3. The van der Waals surface area contributed by atoms with Crippen molar-refractivity contribution in [2.75, 3.05) is 0 Å². The molecule has 0 unspecified atom stereocenters. The lowest BCUT2D eigenvalue weighted by Gasteiger charge is -2.18. The van der Waals surface area contributed by atoms with Crippen LogP contribution in [0.4, 0.5) is 4.39 Å². The number of aromatic nitrogens is 3. The van der Waals surface area contributed by atoms with Crippen LogP contribution in [0, 0.1) is 0 Å². The van der Waals surface area contributed by atoms with Gasteiger partial charge in [0.25, 0.3) is 0 Å². The standard InChI is InChI=1S/C17H10B2FN3O/c18-17(19,20)24-14-2-1-12-8-16(22-9-13(12)7-14)23-6-4-11-3-5-21-10-15(11)23/h1-10H. The zero-order chi connectivity index (χ0) is 16.7. The third kappa shape index (κ3) is 2.73. The highest BCUT2D eigenvalue weighted by Gasteiger charge is 2.16. The molecular formula is C17H10B2FN3O. The van der Waals surface area contributed by atoms with E-state index in [1.807, 2.05) is 29.0 Å². The summed E-state index contributed by atoms with van der Waals surface area (Å²) in [5.74, 6) is 0.997. The third-order valence-electron chi connectivity index (χ3n) is 3.70. The monoisotopic (exact) mass is 313 g/mol. The van der Waals surface area contributed by atoms with Crippen molar-refractivity contribution in [3.05, 3.63) is 61.2 Å². The molecule has 4 aromatic rings. The highest BCUT2D eigenvalue weighted by Crippen LogP contribution is 2.25. The molecule has 0 aliphatic heterocycles. The van der Waals surface area contributed by atoms with Gasteiger partial charge in [-0.3, -0.25) is 9.55 Å². The SMILES string of the molecule is [B]C([B])(F)Oc1ccc2cc(-n3ccc4ccncc43)ncc2c1. The van der Waals surface area contributed by atoms with E-state index in [0.29, 0.717) is 0 Å². The van der Waals surface area contributed by atoms with Crippen molar-refractivity contribution in [2.24, 2.45) is 0 Å². The molecule has 0 amide bonds. The lowest BCUT2D eigenvalue weighted by atomic mass is 9.78. The summed E-state index contributed by atoms with van der Waals surface area (Å²) in [6.07, 6.45) is 7.17.